The van der Waals surface area contributed by atoms with Crippen molar-refractivity contribution >= 4 is 43.2 Å². The minimum atomic E-state index is -3.58. The predicted octanol–water partition coefficient (Wildman–Crippen LogP) is 3.50. The highest BCUT2D eigenvalue weighted by Crippen LogP contribution is 2.36. The summed E-state index contributed by atoms with van der Waals surface area (Å²) in [6.45, 7) is 1.54. The van der Waals surface area contributed by atoms with Gasteiger partial charge in [0.25, 0.3) is 5.91 Å². The number of hydrogen-bond donors (Lipinski definition) is 1. The van der Waals surface area contributed by atoms with Crippen LogP contribution in [0.25, 0.3) is 0 Å². The molecular weight excluding hydrogens is 436 g/mol. The molecule has 9 heteroatoms. The van der Waals surface area contributed by atoms with Gasteiger partial charge in [-0.25, -0.2) is 8.42 Å². The van der Waals surface area contributed by atoms with Crippen molar-refractivity contribution in [2.45, 2.75) is 6.92 Å². The second-order valence-electron chi connectivity index (χ2n) is 5.56. The quantitative estimate of drug-likeness (QED) is 0.688. The molecule has 2 aromatic carbocycles. The molecule has 0 aliphatic heterocycles. The molecule has 27 heavy (non-hydrogen) atoms. The van der Waals surface area contributed by atoms with Crippen molar-refractivity contribution in [3.8, 4) is 11.5 Å². The van der Waals surface area contributed by atoms with Gasteiger partial charge in [0.2, 0.25) is 10.0 Å². The molecule has 0 heterocycles. The summed E-state index contributed by atoms with van der Waals surface area (Å²) in [4.78, 5) is 12.9. The number of nitrogens with one attached hydrogen (secondary N) is 1. The highest BCUT2D eigenvalue weighted by Gasteiger charge is 2.25. The molecule has 0 fully saturated rings. The lowest BCUT2D eigenvalue weighted by atomic mass is 10.1. The first-order valence-corrected chi connectivity index (χ1v) is 10.4. The van der Waals surface area contributed by atoms with Crippen LogP contribution < -0.4 is 19.1 Å². The fraction of sp³-hybridized carbons (Fsp3) is 0.278. The molecule has 1 amide bonds. The number of carbonyl (C=O) groups is 1. The molecule has 2 rings (SSSR count). The van der Waals surface area contributed by atoms with E-state index in [1.807, 2.05) is 6.07 Å². The monoisotopic (exact) mass is 456 g/mol. The van der Waals surface area contributed by atoms with Gasteiger partial charge in [0.1, 0.15) is 0 Å². The third-order valence-electron chi connectivity index (χ3n) is 3.95. The minimum absolute atomic E-state index is 0.107. The normalized spacial score (nSPS) is 11.0. The van der Waals surface area contributed by atoms with E-state index < -0.39 is 15.9 Å². The Kier molecular flexibility index (Phi) is 6.72. The Morgan fingerprint density at radius 2 is 1.78 bits per heavy atom. The van der Waals surface area contributed by atoms with Crippen molar-refractivity contribution in [1.82, 2.24) is 0 Å². The Balaban J connectivity index is 2.56. The zero-order valence-corrected chi connectivity index (χ0v) is 17.8. The molecule has 0 unspecified atom stereocenters. The van der Waals surface area contributed by atoms with Gasteiger partial charge < -0.3 is 14.8 Å². The predicted molar refractivity (Wildman–Crippen MR) is 110 cm³/mol. The molecule has 0 saturated heterocycles. The van der Waals surface area contributed by atoms with Crippen LogP contribution in [0.1, 0.15) is 17.3 Å². The lowest BCUT2D eigenvalue weighted by Crippen LogP contribution is -2.30. The molecular formula is C18H21BrN2O5S. The van der Waals surface area contributed by atoms with Crippen LogP contribution in [0, 0.1) is 0 Å². The van der Waals surface area contributed by atoms with Gasteiger partial charge in [-0.1, -0.05) is 22.0 Å². The first kappa shape index (κ1) is 21.0. The first-order valence-electron chi connectivity index (χ1n) is 8.03. The molecule has 0 saturated carbocycles. The Morgan fingerprint density at radius 1 is 1.15 bits per heavy atom. The summed E-state index contributed by atoms with van der Waals surface area (Å²) in [7, 11) is 0.703. The van der Waals surface area contributed by atoms with Gasteiger partial charge in [-0.2, -0.15) is 0 Å². The number of halogens is 1. The van der Waals surface area contributed by atoms with E-state index in [9.17, 15) is 13.2 Å². The first-order chi connectivity index (χ1) is 12.7. The number of anilines is 2. The zero-order chi connectivity index (χ0) is 20.2. The topological polar surface area (TPSA) is 84.9 Å². The summed E-state index contributed by atoms with van der Waals surface area (Å²) in [5, 5.41) is 2.77. The van der Waals surface area contributed by atoms with Crippen LogP contribution in [0.2, 0.25) is 0 Å². The van der Waals surface area contributed by atoms with E-state index >= 15 is 0 Å². The molecule has 7 nitrogen and oxygen atoms in total. The summed E-state index contributed by atoms with van der Waals surface area (Å²) in [5.41, 5.74) is 0.908. The molecule has 0 bridgehead atoms. The van der Waals surface area contributed by atoms with Crippen LogP contribution in [0.4, 0.5) is 11.4 Å². The standard InChI is InChI=1S/C18H21BrN2O5S/c1-5-27(23,24)21(2)15-11-17(26-4)16(25-3)10-14(15)18(22)20-13-8-6-7-12(19)9-13/h6-11H,5H2,1-4H3,(H,20,22). The van der Waals surface area contributed by atoms with Crippen LogP contribution in [0.15, 0.2) is 40.9 Å². The van der Waals surface area contributed by atoms with Gasteiger partial charge in [-0.05, 0) is 31.2 Å². The molecule has 0 aromatic heterocycles. The molecule has 0 aliphatic rings. The molecule has 0 spiro atoms. The van der Waals surface area contributed by atoms with Crippen LogP contribution in [-0.2, 0) is 10.0 Å². The summed E-state index contributed by atoms with van der Waals surface area (Å²) < 4.78 is 37.1. The van der Waals surface area contributed by atoms with Crippen molar-refractivity contribution in [3.63, 3.8) is 0 Å². The number of nitrogens with zero attached hydrogens (tertiary/aromatic N) is 1. The number of amides is 1. The van der Waals surface area contributed by atoms with Gasteiger partial charge in [0, 0.05) is 23.3 Å². The van der Waals surface area contributed by atoms with E-state index in [4.69, 9.17) is 9.47 Å². The van der Waals surface area contributed by atoms with E-state index in [-0.39, 0.29) is 17.0 Å². The number of carbonyl (C=O) groups excluding carboxylic acids is 1. The van der Waals surface area contributed by atoms with E-state index in [1.165, 1.54) is 40.3 Å². The fourth-order valence-electron chi connectivity index (χ4n) is 2.42. The Bertz CT molecular complexity index is 947. The summed E-state index contributed by atoms with van der Waals surface area (Å²) >= 11 is 3.35. The summed E-state index contributed by atoms with van der Waals surface area (Å²) in [6.07, 6.45) is 0. The maximum Gasteiger partial charge on any atom is 0.257 e. The van der Waals surface area contributed by atoms with Gasteiger partial charge >= 0.3 is 0 Å². The van der Waals surface area contributed by atoms with E-state index in [1.54, 1.807) is 18.2 Å². The van der Waals surface area contributed by atoms with Gasteiger partial charge in [-0.3, -0.25) is 9.10 Å². The summed E-state index contributed by atoms with van der Waals surface area (Å²) in [5.74, 6) is 0.0691. The number of hydrogen-bond acceptors (Lipinski definition) is 5. The molecule has 0 aliphatic carbocycles. The van der Waals surface area contributed by atoms with Crippen LogP contribution in [-0.4, -0.2) is 41.3 Å². The Labute approximate surface area is 167 Å². The maximum absolute atomic E-state index is 12.9. The second kappa shape index (κ2) is 8.62. The molecule has 0 atom stereocenters. The van der Waals surface area contributed by atoms with Gasteiger partial charge in [0.15, 0.2) is 11.5 Å². The van der Waals surface area contributed by atoms with Crippen LogP contribution in [0.5, 0.6) is 11.5 Å². The third kappa shape index (κ3) is 4.72. The molecule has 0 radical (unpaired) electrons. The molecule has 1 N–H and O–H groups in total. The SMILES string of the molecule is CCS(=O)(=O)N(C)c1cc(OC)c(OC)cc1C(=O)Nc1cccc(Br)c1. The van der Waals surface area contributed by atoms with Crippen LogP contribution >= 0.6 is 15.9 Å². The molecule has 2 aromatic rings. The maximum atomic E-state index is 12.9. The number of sulfonamides is 1. The average Bonchev–Trinajstić information content (AvgIpc) is 2.66. The lowest BCUT2D eigenvalue weighted by Gasteiger charge is -2.23. The van der Waals surface area contributed by atoms with Gasteiger partial charge in [0.05, 0.1) is 31.2 Å². The molecule has 146 valence electrons. The van der Waals surface area contributed by atoms with Crippen molar-refractivity contribution < 1.29 is 22.7 Å². The Hall–Kier alpha value is -2.26. The van der Waals surface area contributed by atoms with E-state index in [0.717, 1.165) is 8.78 Å². The smallest absolute Gasteiger partial charge is 0.257 e. The highest BCUT2D eigenvalue weighted by atomic mass is 79.9. The van der Waals surface area contributed by atoms with E-state index in [2.05, 4.69) is 21.2 Å². The van der Waals surface area contributed by atoms with E-state index in [0.29, 0.717) is 17.2 Å². The van der Waals surface area contributed by atoms with Crippen molar-refractivity contribution in [1.29, 1.82) is 0 Å². The zero-order valence-electron chi connectivity index (χ0n) is 15.4. The summed E-state index contributed by atoms with van der Waals surface area (Å²) in [6, 6.07) is 10.0. The van der Waals surface area contributed by atoms with Crippen molar-refractivity contribution in [2.24, 2.45) is 0 Å². The number of ether oxygens (including phenoxy) is 2. The lowest BCUT2D eigenvalue weighted by molar-refractivity contribution is 0.102. The van der Waals surface area contributed by atoms with Crippen LogP contribution in [0.3, 0.4) is 0 Å². The second-order valence-corrected chi connectivity index (χ2v) is 8.76. The third-order valence-corrected chi connectivity index (χ3v) is 6.20. The van der Waals surface area contributed by atoms with Crippen molar-refractivity contribution in [3.05, 3.63) is 46.4 Å². The fourth-order valence-corrected chi connectivity index (χ4v) is 3.66. The number of rotatable bonds is 7. The minimum Gasteiger partial charge on any atom is -0.493 e. The van der Waals surface area contributed by atoms with Gasteiger partial charge in [-0.15, -0.1) is 0 Å². The number of benzene rings is 2. The largest absolute Gasteiger partial charge is 0.493 e. The highest BCUT2D eigenvalue weighted by molar-refractivity contribution is 9.10. The number of methoxy groups -OCH3 is 2. The Morgan fingerprint density at radius 3 is 2.33 bits per heavy atom. The van der Waals surface area contributed by atoms with Crippen molar-refractivity contribution in [2.75, 3.05) is 36.6 Å². The average molecular weight is 457 g/mol.